The Morgan fingerprint density at radius 1 is 1.32 bits per heavy atom. The summed E-state index contributed by atoms with van der Waals surface area (Å²) in [6.07, 6.45) is 3.30. The molecule has 22 heavy (non-hydrogen) atoms. The molecule has 1 amide bonds. The zero-order valence-corrected chi connectivity index (χ0v) is 13.1. The molecule has 1 heterocycles. The number of nitrogens with one attached hydrogen (secondary N) is 1. The predicted octanol–water partition coefficient (Wildman–Crippen LogP) is 2.27. The lowest BCUT2D eigenvalue weighted by Crippen LogP contribution is -2.49. The maximum atomic E-state index is 12.4. The summed E-state index contributed by atoms with van der Waals surface area (Å²) < 4.78 is 0. The van der Waals surface area contributed by atoms with Crippen LogP contribution in [0.1, 0.15) is 30.1 Å². The molecule has 2 rings (SSSR count). The van der Waals surface area contributed by atoms with E-state index in [0.717, 1.165) is 31.5 Å². The predicted molar refractivity (Wildman–Crippen MR) is 87.7 cm³/mol. The van der Waals surface area contributed by atoms with Gasteiger partial charge in [0.2, 0.25) is 5.91 Å². The Hall–Kier alpha value is -1.94. The molecule has 0 saturated carbocycles. The topological polar surface area (TPSA) is 49.4 Å². The van der Waals surface area contributed by atoms with Gasteiger partial charge in [-0.3, -0.25) is 14.5 Å². The van der Waals surface area contributed by atoms with Crippen LogP contribution in [-0.4, -0.2) is 42.3 Å². The molecule has 1 saturated heterocycles. The van der Waals surface area contributed by atoms with Crippen LogP contribution in [0.4, 0.5) is 0 Å². The molecule has 1 unspecified atom stereocenters. The SMILES string of the molecule is C=CCNC(=O)C(C)N1CCC(C(=O)c2ccccc2)CC1. The van der Waals surface area contributed by atoms with E-state index >= 15 is 0 Å². The van der Waals surface area contributed by atoms with E-state index in [-0.39, 0.29) is 23.7 Å². The van der Waals surface area contributed by atoms with Crippen LogP contribution in [0.15, 0.2) is 43.0 Å². The van der Waals surface area contributed by atoms with Crippen LogP contribution in [0.3, 0.4) is 0 Å². The fourth-order valence-corrected chi connectivity index (χ4v) is 2.87. The highest BCUT2D eigenvalue weighted by molar-refractivity contribution is 5.97. The summed E-state index contributed by atoms with van der Waals surface area (Å²) in [7, 11) is 0. The van der Waals surface area contributed by atoms with Crippen LogP contribution in [-0.2, 0) is 4.79 Å². The standard InChI is InChI=1S/C18H24N2O2/c1-3-11-19-18(22)14(2)20-12-9-16(10-13-20)17(21)15-7-5-4-6-8-15/h3-8,14,16H,1,9-13H2,2H3,(H,19,22). The Balaban J connectivity index is 1.86. The Bertz CT molecular complexity index is 519. The number of benzene rings is 1. The molecule has 1 atom stereocenters. The second-order valence-electron chi connectivity index (χ2n) is 5.75. The highest BCUT2D eigenvalue weighted by Gasteiger charge is 2.29. The van der Waals surface area contributed by atoms with Crippen LogP contribution in [0, 0.1) is 5.92 Å². The van der Waals surface area contributed by atoms with Gasteiger partial charge in [-0.05, 0) is 32.9 Å². The zero-order chi connectivity index (χ0) is 15.9. The van der Waals surface area contributed by atoms with E-state index < -0.39 is 0 Å². The number of hydrogen-bond acceptors (Lipinski definition) is 3. The molecule has 0 bridgehead atoms. The maximum absolute atomic E-state index is 12.4. The number of carbonyl (C=O) groups excluding carboxylic acids is 2. The average molecular weight is 300 g/mol. The van der Waals surface area contributed by atoms with E-state index in [4.69, 9.17) is 0 Å². The van der Waals surface area contributed by atoms with Crippen molar-refractivity contribution in [2.24, 2.45) is 5.92 Å². The van der Waals surface area contributed by atoms with E-state index in [2.05, 4.69) is 16.8 Å². The Morgan fingerprint density at radius 3 is 2.55 bits per heavy atom. The highest BCUT2D eigenvalue weighted by atomic mass is 16.2. The second kappa shape index (κ2) is 7.90. The van der Waals surface area contributed by atoms with Crippen molar-refractivity contribution >= 4 is 11.7 Å². The Kier molecular flexibility index (Phi) is 5.90. The first-order valence-corrected chi connectivity index (χ1v) is 7.85. The van der Waals surface area contributed by atoms with Crippen molar-refractivity contribution in [3.8, 4) is 0 Å². The summed E-state index contributed by atoms with van der Waals surface area (Å²) in [5, 5.41) is 2.82. The van der Waals surface area contributed by atoms with Crippen molar-refractivity contribution in [1.82, 2.24) is 10.2 Å². The lowest BCUT2D eigenvalue weighted by molar-refractivity contribution is -0.126. The zero-order valence-electron chi connectivity index (χ0n) is 13.1. The molecule has 4 nitrogen and oxygen atoms in total. The third kappa shape index (κ3) is 4.04. The van der Waals surface area contributed by atoms with Gasteiger partial charge >= 0.3 is 0 Å². The molecule has 0 radical (unpaired) electrons. The van der Waals surface area contributed by atoms with E-state index in [0.29, 0.717) is 6.54 Å². The van der Waals surface area contributed by atoms with Gasteiger partial charge in [-0.1, -0.05) is 36.4 Å². The number of Topliss-reactive ketones (excluding diaryl/α,β-unsaturated/α-hetero) is 1. The van der Waals surface area contributed by atoms with Gasteiger partial charge in [-0.25, -0.2) is 0 Å². The number of carbonyl (C=O) groups is 2. The van der Waals surface area contributed by atoms with E-state index in [1.54, 1.807) is 6.08 Å². The molecule has 1 fully saturated rings. The van der Waals surface area contributed by atoms with Crippen molar-refractivity contribution in [3.05, 3.63) is 48.6 Å². The maximum Gasteiger partial charge on any atom is 0.237 e. The lowest BCUT2D eigenvalue weighted by atomic mass is 9.88. The Morgan fingerprint density at radius 2 is 1.95 bits per heavy atom. The first-order chi connectivity index (χ1) is 10.6. The van der Waals surface area contributed by atoms with Crippen molar-refractivity contribution in [2.45, 2.75) is 25.8 Å². The number of rotatable bonds is 6. The van der Waals surface area contributed by atoms with E-state index in [1.165, 1.54) is 0 Å². The van der Waals surface area contributed by atoms with Gasteiger partial charge in [-0.2, -0.15) is 0 Å². The van der Waals surface area contributed by atoms with Crippen molar-refractivity contribution in [1.29, 1.82) is 0 Å². The van der Waals surface area contributed by atoms with Gasteiger partial charge in [0, 0.05) is 18.0 Å². The summed E-state index contributed by atoms with van der Waals surface area (Å²) in [5.41, 5.74) is 0.790. The summed E-state index contributed by atoms with van der Waals surface area (Å²) in [4.78, 5) is 26.6. The third-order valence-corrected chi connectivity index (χ3v) is 4.31. The first kappa shape index (κ1) is 16.4. The number of likely N-dealkylation sites (tertiary alicyclic amines) is 1. The van der Waals surface area contributed by atoms with Crippen LogP contribution in [0.2, 0.25) is 0 Å². The molecule has 0 spiro atoms. The number of piperidine rings is 1. The minimum Gasteiger partial charge on any atom is -0.351 e. The van der Waals surface area contributed by atoms with Gasteiger partial charge in [0.1, 0.15) is 0 Å². The summed E-state index contributed by atoms with van der Waals surface area (Å²) >= 11 is 0. The summed E-state index contributed by atoms with van der Waals surface area (Å²) in [6, 6.07) is 9.30. The van der Waals surface area contributed by atoms with Gasteiger partial charge in [0.25, 0.3) is 0 Å². The van der Waals surface area contributed by atoms with Crippen LogP contribution < -0.4 is 5.32 Å². The second-order valence-corrected chi connectivity index (χ2v) is 5.75. The molecule has 0 aliphatic carbocycles. The molecule has 1 aliphatic heterocycles. The lowest BCUT2D eigenvalue weighted by Gasteiger charge is -2.34. The number of hydrogen-bond donors (Lipinski definition) is 1. The fourth-order valence-electron chi connectivity index (χ4n) is 2.87. The minimum atomic E-state index is -0.160. The summed E-state index contributed by atoms with van der Waals surface area (Å²) in [5.74, 6) is 0.318. The fraction of sp³-hybridized carbons (Fsp3) is 0.444. The Labute approximate surface area is 132 Å². The summed E-state index contributed by atoms with van der Waals surface area (Å²) in [6.45, 7) is 7.57. The van der Waals surface area contributed by atoms with Crippen molar-refractivity contribution < 1.29 is 9.59 Å². The smallest absolute Gasteiger partial charge is 0.237 e. The minimum absolute atomic E-state index is 0.0211. The van der Waals surface area contributed by atoms with E-state index in [1.807, 2.05) is 37.3 Å². The van der Waals surface area contributed by atoms with Crippen molar-refractivity contribution in [2.75, 3.05) is 19.6 Å². The molecular formula is C18H24N2O2. The van der Waals surface area contributed by atoms with Crippen LogP contribution >= 0.6 is 0 Å². The normalized spacial score (nSPS) is 17.7. The first-order valence-electron chi connectivity index (χ1n) is 7.85. The largest absolute Gasteiger partial charge is 0.351 e. The molecule has 118 valence electrons. The van der Waals surface area contributed by atoms with Crippen molar-refractivity contribution in [3.63, 3.8) is 0 Å². The monoisotopic (exact) mass is 300 g/mol. The molecule has 1 aliphatic rings. The van der Waals surface area contributed by atoms with Crippen LogP contribution in [0.25, 0.3) is 0 Å². The molecule has 4 heteroatoms. The van der Waals surface area contributed by atoms with Gasteiger partial charge in [0.05, 0.1) is 6.04 Å². The molecule has 1 aromatic carbocycles. The average Bonchev–Trinajstić information content (AvgIpc) is 2.59. The van der Waals surface area contributed by atoms with Crippen LogP contribution in [0.5, 0.6) is 0 Å². The van der Waals surface area contributed by atoms with Gasteiger partial charge in [0.15, 0.2) is 5.78 Å². The molecular weight excluding hydrogens is 276 g/mol. The quantitative estimate of drug-likeness (QED) is 0.647. The van der Waals surface area contributed by atoms with E-state index in [9.17, 15) is 9.59 Å². The third-order valence-electron chi connectivity index (χ3n) is 4.31. The number of nitrogens with zero attached hydrogens (tertiary/aromatic N) is 1. The van der Waals surface area contributed by atoms with Gasteiger partial charge < -0.3 is 5.32 Å². The number of ketones is 1. The molecule has 0 aromatic heterocycles. The van der Waals surface area contributed by atoms with Gasteiger partial charge in [-0.15, -0.1) is 6.58 Å². The number of amides is 1. The molecule has 1 N–H and O–H groups in total. The highest BCUT2D eigenvalue weighted by Crippen LogP contribution is 2.23. The molecule has 1 aromatic rings.